The van der Waals surface area contributed by atoms with E-state index in [1.54, 1.807) is 24.3 Å². The van der Waals surface area contributed by atoms with Crippen molar-refractivity contribution >= 4 is 17.5 Å². The average Bonchev–Trinajstić information content (AvgIpc) is 2.40. The SMILES string of the molecule is NC(=O)c1ccc(NC(=O)C2CNCCN2)cc1. The van der Waals surface area contributed by atoms with Crippen molar-refractivity contribution in [2.45, 2.75) is 6.04 Å². The summed E-state index contributed by atoms with van der Waals surface area (Å²) in [6, 6.07) is 6.27. The van der Waals surface area contributed by atoms with Crippen molar-refractivity contribution in [3.63, 3.8) is 0 Å². The predicted molar refractivity (Wildman–Crippen MR) is 68.3 cm³/mol. The Kier molecular flexibility index (Phi) is 3.91. The van der Waals surface area contributed by atoms with Crippen LogP contribution in [-0.4, -0.2) is 37.5 Å². The summed E-state index contributed by atoms with van der Waals surface area (Å²) < 4.78 is 0. The number of hydrogen-bond acceptors (Lipinski definition) is 4. The van der Waals surface area contributed by atoms with Gasteiger partial charge in [0, 0.05) is 30.9 Å². The zero-order valence-corrected chi connectivity index (χ0v) is 9.90. The molecule has 0 bridgehead atoms. The number of amides is 2. The molecule has 1 aromatic carbocycles. The van der Waals surface area contributed by atoms with E-state index in [1.165, 1.54) is 0 Å². The van der Waals surface area contributed by atoms with Crippen molar-refractivity contribution in [3.05, 3.63) is 29.8 Å². The average molecular weight is 248 g/mol. The van der Waals surface area contributed by atoms with Crippen molar-refractivity contribution in [1.29, 1.82) is 0 Å². The Labute approximate surface area is 105 Å². The zero-order chi connectivity index (χ0) is 13.0. The third-order valence-electron chi connectivity index (χ3n) is 2.79. The van der Waals surface area contributed by atoms with E-state index < -0.39 is 5.91 Å². The Balaban J connectivity index is 1.96. The first-order chi connectivity index (χ1) is 8.66. The van der Waals surface area contributed by atoms with Crippen LogP contribution >= 0.6 is 0 Å². The highest BCUT2D eigenvalue weighted by atomic mass is 16.2. The molecule has 0 spiro atoms. The number of hydrogen-bond donors (Lipinski definition) is 4. The van der Waals surface area contributed by atoms with E-state index in [-0.39, 0.29) is 11.9 Å². The summed E-state index contributed by atoms with van der Waals surface area (Å²) in [5.41, 5.74) is 6.21. The van der Waals surface area contributed by atoms with Crippen LogP contribution in [0.5, 0.6) is 0 Å². The van der Waals surface area contributed by atoms with Gasteiger partial charge in [0.2, 0.25) is 11.8 Å². The van der Waals surface area contributed by atoms with Gasteiger partial charge < -0.3 is 21.7 Å². The monoisotopic (exact) mass is 248 g/mol. The molecule has 1 aliphatic rings. The van der Waals surface area contributed by atoms with Crippen molar-refractivity contribution in [3.8, 4) is 0 Å². The fourth-order valence-corrected chi connectivity index (χ4v) is 1.79. The van der Waals surface area contributed by atoms with Crippen LogP contribution in [0.2, 0.25) is 0 Å². The second-order valence-electron chi connectivity index (χ2n) is 4.14. The van der Waals surface area contributed by atoms with Crippen LogP contribution in [0.3, 0.4) is 0 Å². The Hall–Kier alpha value is -1.92. The topological polar surface area (TPSA) is 96.2 Å². The van der Waals surface area contributed by atoms with E-state index in [0.29, 0.717) is 17.8 Å². The molecule has 0 radical (unpaired) electrons. The maximum atomic E-state index is 11.9. The first kappa shape index (κ1) is 12.5. The molecule has 2 rings (SSSR count). The molecular weight excluding hydrogens is 232 g/mol. The Morgan fingerprint density at radius 1 is 1.22 bits per heavy atom. The van der Waals surface area contributed by atoms with Gasteiger partial charge in [-0.2, -0.15) is 0 Å². The van der Waals surface area contributed by atoms with Crippen LogP contribution in [0, 0.1) is 0 Å². The normalized spacial score (nSPS) is 19.2. The largest absolute Gasteiger partial charge is 0.366 e. The Morgan fingerprint density at radius 2 is 1.94 bits per heavy atom. The lowest BCUT2D eigenvalue weighted by molar-refractivity contribution is -0.118. The molecule has 6 nitrogen and oxygen atoms in total. The lowest BCUT2D eigenvalue weighted by Gasteiger charge is -2.23. The van der Waals surface area contributed by atoms with E-state index in [4.69, 9.17) is 5.73 Å². The summed E-state index contributed by atoms with van der Waals surface area (Å²) in [5.74, 6) is -0.569. The minimum absolute atomic E-state index is 0.0889. The molecule has 6 heteroatoms. The number of carbonyl (C=O) groups is 2. The van der Waals surface area contributed by atoms with Crippen molar-refractivity contribution in [2.24, 2.45) is 5.73 Å². The third-order valence-corrected chi connectivity index (χ3v) is 2.79. The highest BCUT2D eigenvalue weighted by Gasteiger charge is 2.20. The second-order valence-corrected chi connectivity index (χ2v) is 4.14. The van der Waals surface area contributed by atoms with Gasteiger partial charge >= 0.3 is 0 Å². The van der Waals surface area contributed by atoms with Gasteiger partial charge in [-0.25, -0.2) is 0 Å². The number of primary amides is 1. The number of piperazine rings is 1. The highest BCUT2D eigenvalue weighted by Crippen LogP contribution is 2.09. The summed E-state index contributed by atoms with van der Waals surface area (Å²) >= 11 is 0. The molecule has 0 aliphatic carbocycles. The van der Waals surface area contributed by atoms with E-state index in [9.17, 15) is 9.59 Å². The maximum absolute atomic E-state index is 11.9. The molecule has 1 aliphatic heterocycles. The molecule has 18 heavy (non-hydrogen) atoms. The zero-order valence-electron chi connectivity index (χ0n) is 9.90. The summed E-state index contributed by atoms with van der Waals surface area (Å²) in [6.07, 6.45) is 0. The molecule has 96 valence electrons. The Bertz CT molecular complexity index is 438. The van der Waals surface area contributed by atoms with Crippen LogP contribution in [0.1, 0.15) is 10.4 Å². The van der Waals surface area contributed by atoms with Gasteiger partial charge in [0.25, 0.3) is 0 Å². The van der Waals surface area contributed by atoms with Crippen molar-refractivity contribution in [2.75, 3.05) is 25.0 Å². The number of nitrogens with two attached hydrogens (primary N) is 1. The first-order valence-electron chi connectivity index (χ1n) is 5.81. The fourth-order valence-electron chi connectivity index (χ4n) is 1.79. The molecule has 1 fully saturated rings. The second kappa shape index (κ2) is 5.61. The van der Waals surface area contributed by atoms with Gasteiger partial charge in [-0.15, -0.1) is 0 Å². The minimum Gasteiger partial charge on any atom is -0.366 e. The van der Waals surface area contributed by atoms with Crippen LogP contribution in [0.15, 0.2) is 24.3 Å². The molecule has 0 aromatic heterocycles. The van der Waals surface area contributed by atoms with Gasteiger partial charge in [-0.1, -0.05) is 0 Å². The number of anilines is 1. The van der Waals surface area contributed by atoms with Crippen LogP contribution < -0.4 is 21.7 Å². The number of carbonyl (C=O) groups excluding carboxylic acids is 2. The molecule has 1 saturated heterocycles. The lowest BCUT2D eigenvalue weighted by atomic mass is 10.2. The summed E-state index contributed by atoms with van der Waals surface area (Å²) in [5, 5.41) is 9.05. The molecule has 0 saturated carbocycles. The van der Waals surface area contributed by atoms with Gasteiger partial charge in [-0.3, -0.25) is 9.59 Å². The quantitative estimate of drug-likeness (QED) is 0.568. The highest BCUT2D eigenvalue weighted by molar-refractivity contribution is 5.96. The summed E-state index contributed by atoms with van der Waals surface area (Å²) in [6.45, 7) is 2.26. The maximum Gasteiger partial charge on any atom is 0.248 e. The van der Waals surface area contributed by atoms with Gasteiger partial charge in [-0.05, 0) is 24.3 Å². The van der Waals surface area contributed by atoms with Crippen LogP contribution in [0.25, 0.3) is 0 Å². The fraction of sp³-hybridized carbons (Fsp3) is 0.333. The van der Waals surface area contributed by atoms with Crippen molar-refractivity contribution < 1.29 is 9.59 Å². The summed E-state index contributed by atoms with van der Waals surface area (Å²) in [7, 11) is 0. The molecule has 1 heterocycles. The minimum atomic E-state index is -0.481. The molecule has 1 aromatic rings. The van der Waals surface area contributed by atoms with E-state index in [1.807, 2.05) is 0 Å². The van der Waals surface area contributed by atoms with Crippen LogP contribution in [0.4, 0.5) is 5.69 Å². The number of nitrogens with one attached hydrogen (secondary N) is 3. The van der Waals surface area contributed by atoms with E-state index >= 15 is 0 Å². The summed E-state index contributed by atoms with van der Waals surface area (Å²) in [4.78, 5) is 22.8. The number of benzene rings is 1. The standard InChI is InChI=1S/C12H16N4O2/c13-11(17)8-1-3-9(4-2-8)16-12(18)10-7-14-5-6-15-10/h1-4,10,14-15H,5-7H2,(H2,13,17)(H,16,18). The molecule has 2 amide bonds. The van der Waals surface area contributed by atoms with E-state index in [2.05, 4.69) is 16.0 Å². The first-order valence-corrected chi connectivity index (χ1v) is 5.81. The number of rotatable bonds is 3. The van der Waals surface area contributed by atoms with Gasteiger partial charge in [0.1, 0.15) is 0 Å². The molecule has 1 atom stereocenters. The Morgan fingerprint density at radius 3 is 2.50 bits per heavy atom. The van der Waals surface area contributed by atoms with E-state index in [0.717, 1.165) is 13.1 Å². The third kappa shape index (κ3) is 3.06. The van der Waals surface area contributed by atoms with Crippen molar-refractivity contribution in [1.82, 2.24) is 10.6 Å². The molecule has 1 unspecified atom stereocenters. The van der Waals surface area contributed by atoms with Gasteiger partial charge in [0.15, 0.2) is 0 Å². The van der Waals surface area contributed by atoms with Gasteiger partial charge in [0.05, 0.1) is 6.04 Å². The lowest BCUT2D eigenvalue weighted by Crippen LogP contribution is -2.54. The van der Waals surface area contributed by atoms with Crippen LogP contribution in [-0.2, 0) is 4.79 Å². The predicted octanol–water partition coefficient (Wildman–Crippen LogP) is -0.715. The molecular formula is C12H16N4O2. The smallest absolute Gasteiger partial charge is 0.248 e. The molecule has 5 N–H and O–H groups in total.